The second kappa shape index (κ2) is 7.45. The van der Waals surface area contributed by atoms with E-state index in [1.54, 1.807) is 0 Å². The Balaban J connectivity index is 2.42. The Morgan fingerprint density at radius 2 is 1.84 bits per heavy atom. The summed E-state index contributed by atoms with van der Waals surface area (Å²) in [7, 11) is 0. The number of hydrogen-bond donors (Lipinski definition) is 3. The summed E-state index contributed by atoms with van der Waals surface area (Å²) in [6.07, 6.45) is 2.33. The third kappa shape index (κ3) is 5.16. The molecule has 19 heavy (non-hydrogen) atoms. The van der Waals surface area contributed by atoms with Crippen LogP contribution < -0.4 is 16.8 Å². The van der Waals surface area contributed by atoms with E-state index >= 15 is 0 Å². The lowest BCUT2D eigenvalue weighted by Crippen LogP contribution is -2.50. The predicted octanol–water partition coefficient (Wildman–Crippen LogP) is -0.574. The van der Waals surface area contributed by atoms with E-state index in [0.717, 1.165) is 13.1 Å². The van der Waals surface area contributed by atoms with Crippen LogP contribution in [-0.4, -0.2) is 48.4 Å². The SMILES string of the molecule is CC(C)C(CNC(=O)C(N)CC(N)=O)N1CCCC1. The van der Waals surface area contributed by atoms with Gasteiger partial charge in [-0.15, -0.1) is 0 Å². The highest BCUT2D eigenvalue weighted by Crippen LogP contribution is 2.17. The minimum absolute atomic E-state index is 0.109. The average Bonchev–Trinajstić information content (AvgIpc) is 2.81. The molecule has 0 saturated carbocycles. The van der Waals surface area contributed by atoms with E-state index in [1.807, 2.05) is 0 Å². The molecule has 1 heterocycles. The fraction of sp³-hybridized carbons (Fsp3) is 0.846. The second-order valence-electron chi connectivity index (χ2n) is 5.58. The molecule has 5 N–H and O–H groups in total. The Morgan fingerprint density at radius 3 is 2.32 bits per heavy atom. The zero-order valence-corrected chi connectivity index (χ0v) is 11.9. The van der Waals surface area contributed by atoms with Crippen LogP contribution in [0.15, 0.2) is 0 Å². The third-order valence-electron chi connectivity index (χ3n) is 3.62. The lowest BCUT2D eigenvalue weighted by molar-refractivity contribution is -0.126. The van der Waals surface area contributed by atoms with Gasteiger partial charge in [-0.05, 0) is 31.8 Å². The molecule has 1 saturated heterocycles. The van der Waals surface area contributed by atoms with Crippen LogP contribution in [0.1, 0.15) is 33.1 Å². The van der Waals surface area contributed by atoms with E-state index in [1.165, 1.54) is 12.8 Å². The number of likely N-dealkylation sites (tertiary alicyclic amines) is 1. The van der Waals surface area contributed by atoms with E-state index in [2.05, 4.69) is 24.1 Å². The van der Waals surface area contributed by atoms with Crippen LogP contribution in [0.25, 0.3) is 0 Å². The first-order valence-corrected chi connectivity index (χ1v) is 6.97. The van der Waals surface area contributed by atoms with E-state index < -0.39 is 11.9 Å². The molecular formula is C13H26N4O2. The molecular weight excluding hydrogens is 244 g/mol. The Labute approximate surface area is 114 Å². The molecule has 2 amide bonds. The summed E-state index contributed by atoms with van der Waals surface area (Å²) in [5, 5.41) is 2.83. The van der Waals surface area contributed by atoms with Crippen molar-refractivity contribution in [3.63, 3.8) is 0 Å². The van der Waals surface area contributed by atoms with Gasteiger partial charge in [0.2, 0.25) is 11.8 Å². The second-order valence-corrected chi connectivity index (χ2v) is 5.58. The molecule has 6 nitrogen and oxygen atoms in total. The molecule has 1 rings (SSSR count). The van der Waals surface area contributed by atoms with Gasteiger partial charge in [0.15, 0.2) is 0 Å². The number of nitrogens with zero attached hydrogens (tertiary/aromatic N) is 1. The van der Waals surface area contributed by atoms with Gasteiger partial charge >= 0.3 is 0 Å². The summed E-state index contributed by atoms with van der Waals surface area (Å²) < 4.78 is 0. The summed E-state index contributed by atoms with van der Waals surface area (Å²) in [6, 6.07) is -0.517. The number of amides is 2. The Hall–Kier alpha value is -1.14. The number of carbonyl (C=O) groups excluding carboxylic acids is 2. The minimum Gasteiger partial charge on any atom is -0.370 e. The Morgan fingerprint density at radius 1 is 1.26 bits per heavy atom. The van der Waals surface area contributed by atoms with Crippen LogP contribution >= 0.6 is 0 Å². The van der Waals surface area contributed by atoms with Crippen molar-refractivity contribution in [3.05, 3.63) is 0 Å². The molecule has 0 spiro atoms. The number of nitrogens with two attached hydrogens (primary N) is 2. The number of hydrogen-bond acceptors (Lipinski definition) is 4. The Kier molecular flexibility index (Phi) is 6.24. The van der Waals surface area contributed by atoms with Crippen LogP contribution in [0.4, 0.5) is 0 Å². The van der Waals surface area contributed by atoms with Crippen molar-refractivity contribution in [2.45, 2.75) is 45.2 Å². The first-order valence-electron chi connectivity index (χ1n) is 6.97. The molecule has 0 radical (unpaired) electrons. The lowest BCUT2D eigenvalue weighted by atomic mass is 10.0. The molecule has 1 aliphatic heterocycles. The summed E-state index contributed by atoms with van der Waals surface area (Å²) in [5.41, 5.74) is 10.6. The topological polar surface area (TPSA) is 101 Å². The van der Waals surface area contributed by atoms with Crippen LogP contribution in [0, 0.1) is 5.92 Å². The van der Waals surface area contributed by atoms with Crippen LogP contribution in [-0.2, 0) is 9.59 Å². The highest BCUT2D eigenvalue weighted by atomic mass is 16.2. The molecule has 110 valence electrons. The number of primary amides is 1. The van der Waals surface area contributed by atoms with Gasteiger partial charge < -0.3 is 16.8 Å². The normalized spacial score (nSPS) is 19.4. The molecule has 0 aromatic carbocycles. The van der Waals surface area contributed by atoms with Crippen LogP contribution in [0.5, 0.6) is 0 Å². The summed E-state index contributed by atoms with van der Waals surface area (Å²) in [6.45, 7) is 7.05. The third-order valence-corrected chi connectivity index (χ3v) is 3.62. The Bertz CT molecular complexity index is 314. The van der Waals surface area contributed by atoms with Crippen molar-refractivity contribution in [2.75, 3.05) is 19.6 Å². The van der Waals surface area contributed by atoms with E-state index in [0.29, 0.717) is 18.5 Å². The van der Waals surface area contributed by atoms with Crippen LogP contribution in [0.2, 0.25) is 0 Å². The summed E-state index contributed by atoms with van der Waals surface area (Å²) in [4.78, 5) is 24.9. The molecule has 0 aromatic heterocycles. The minimum atomic E-state index is -0.844. The summed E-state index contributed by atoms with van der Waals surface area (Å²) >= 11 is 0. The smallest absolute Gasteiger partial charge is 0.237 e. The van der Waals surface area contributed by atoms with Gasteiger partial charge in [0.25, 0.3) is 0 Å². The fourth-order valence-corrected chi connectivity index (χ4v) is 2.51. The number of rotatable bonds is 7. The molecule has 0 bridgehead atoms. The predicted molar refractivity (Wildman–Crippen MR) is 74.2 cm³/mol. The molecule has 1 aliphatic rings. The van der Waals surface area contributed by atoms with E-state index in [9.17, 15) is 9.59 Å². The number of carbonyl (C=O) groups is 2. The quantitative estimate of drug-likeness (QED) is 0.576. The van der Waals surface area contributed by atoms with E-state index in [-0.39, 0.29) is 12.3 Å². The largest absolute Gasteiger partial charge is 0.370 e. The first-order chi connectivity index (χ1) is 8.91. The summed E-state index contributed by atoms with van der Waals surface area (Å²) in [5.74, 6) is -0.392. The average molecular weight is 270 g/mol. The van der Waals surface area contributed by atoms with Crippen molar-refractivity contribution in [2.24, 2.45) is 17.4 Å². The number of nitrogens with one attached hydrogen (secondary N) is 1. The van der Waals surface area contributed by atoms with Gasteiger partial charge in [-0.1, -0.05) is 13.8 Å². The monoisotopic (exact) mass is 270 g/mol. The van der Waals surface area contributed by atoms with Crippen molar-refractivity contribution in [3.8, 4) is 0 Å². The van der Waals surface area contributed by atoms with Gasteiger partial charge in [-0.25, -0.2) is 0 Å². The van der Waals surface area contributed by atoms with Crippen molar-refractivity contribution in [1.29, 1.82) is 0 Å². The van der Waals surface area contributed by atoms with Gasteiger partial charge in [0.05, 0.1) is 12.5 Å². The van der Waals surface area contributed by atoms with Gasteiger partial charge in [0.1, 0.15) is 0 Å². The van der Waals surface area contributed by atoms with E-state index in [4.69, 9.17) is 11.5 Å². The van der Waals surface area contributed by atoms with Gasteiger partial charge in [-0.2, -0.15) is 0 Å². The molecule has 6 heteroatoms. The fourth-order valence-electron chi connectivity index (χ4n) is 2.51. The first kappa shape index (κ1) is 15.9. The molecule has 2 unspecified atom stereocenters. The standard InChI is InChI=1S/C13H26N4O2/c1-9(2)11(17-5-3-4-6-17)8-16-13(19)10(14)7-12(15)18/h9-11H,3-8,14H2,1-2H3,(H2,15,18)(H,16,19). The van der Waals surface area contributed by atoms with Crippen molar-refractivity contribution < 1.29 is 9.59 Å². The maximum Gasteiger partial charge on any atom is 0.237 e. The highest BCUT2D eigenvalue weighted by molar-refractivity contribution is 5.87. The highest BCUT2D eigenvalue weighted by Gasteiger charge is 2.25. The molecule has 0 aromatic rings. The van der Waals surface area contributed by atoms with Gasteiger partial charge in [-0.3, -0.25) is 14.5 Å². The van der Waals surface area contributed by atoms with Crippen molar-refractivity contribution >= 4 is 11.8 Å². The van der Waals surface area contributed by atoms with Gasteiger partial charge in [0, 0.05) is 12.6 Å². The maximum absolute atomic E-state index is 11.8. The van der Waals surface area contributed by atoms with Crippen molar-refractivity contribution in [1.82, 2.24) is 10.2 Å². The molecule has 1 fully saturated rings. The van der Waals surface area contributed by atoms with Crippen LogP contribution in [0.3, 0.4) is 0 Å². The molecule has 0 aliphatic carbocycles. The lowest BCUT2D eigenvalue weighted by Gasteiger charge is -2.31. The zero-order valence-electron chi connectivity index (χ0n) is 11.9. The molecule has 2 atom stereocenters. The zero-order chi connectivity index (χ0) is 14.4. The maximum atomic E-state index is 11.8.